The van der Waals surface area contributed by atoms with Gasteiger partial charge in [0.15, 0.2) is 5.75 Å². The van der Waals surface area contributed by atoms with Gasteiger partial charge in [0.1, 0.15) is 5.57 Å². The number of nitrogens with one attached hydrogen (secondary N) is 1. The zero-order chi connectivity index (χ0) is 22.0. The highest BCUT2D eigenvalue weighted by Crippen LogP contribution is 2.35. The maximum Gasteiger partial charge on any atom is 0.335 e. The Balaban J connectivity index is 2.08. The van der Waals surface area contributed by atoms with E-state index in [1.54, 1.807) is 43.3 Å². The predicted molar refractivity (Wildman–Crippen MR) is 118 cm³/mol. The molecule has 0 spiro atoms. The molecule has 154 valence electrons. The van der Waals surface area contributed by atoms with Crippen LogP contribution < -0.4 is 15.0 Å². The average Bonchev–Trinajstić information content (AvgIpc) is 2.68. The second kappa shape index (κ2) is 8.93. The number of amides is 4. The topological polar surface area (TPSA) is 92.8 Å². The summed E-state index contributed by atoms with van der Waals surface area (Å²) in [7, 11) is 0. The molecule has 0 bridgehead atoms. The molecule has 1 fully saturated rings. The molecule has 30 heavy (non-hydrogen) atoms. The number of ether oxygens (including phenoxy) is 1. The average molecular weight is 536 g/mol. The quantitative estimate of drug-likeness (QED) is 0.269. The number of carbonyl (C=O) groups is 4. The normalized spacial score (nSPS) is 15.4. The van der Waals surface area contributed by atoms with Gasteiger partial charge < -0.3 is 4.74 Å². The van der Waals surface area contributed by atoms with Crippen LogP contribution in [0.2, 0.25) is 0 Å². The SMILES string of the molecule is CCC(=O)Oc1c(Br)cc(Br)cc1/C=C1/C(=O)NC(=O)N(c2ccc(C)cc2)C1=O. The van der Waals surface area contributed by atoms with Crippen molar-refractivity contribution in [3.05, 3.63) is 62.0 Å². The third kappa shape index (κ3) is 4.52. The number of carbonyl (C=O) groups excluding carboxylic acids is 4. The van der Waals surface area contributed by atoms with Crippen molar-refractivity contribution in [3.8, 4) is 5.75 Å². The Labute approximate surface area is 189 Å². The van der Waals surface area contributed by atoms with E-state index < -0.39 is 23.8 Å². The summed E-state index contributed by atoms with van der Waals surface area (Å²) < 4.78 is 6.45. The van der Waals surface area contributed by atoms with E-state index in [2.05, 4.69) is 37.2 Å². The molecular weight excluding hydrogens is 520 g/mol. The first kappa shape index (κ1) is 21.9. The Morgan fingerprint density at radius 2 is 1.80 bits per heavy atom. The summed E-state index contributed by atoms with van der Waals surface area (Å²) in [6, 6.07) is 9.18. The summed E-state index contributed by atoms with van der Waals surface area (Å²) >= 11 is 6.67. The number of anilines is 1. The van der Waals surface area contributed by atoms with Gasteiger partial charge in [-0.05, 0) is 53.2 Å². The van der Waals surface area contributed by atoms with Gasteiger partial charge in [0.05, 0.1) is 10.2 Å². The Morgan fingerprint density at radius 3 is 2.43 bits per heavy atom. The van der Waals surface area contributed by atoms with Gasteiger partial charge in [0, 0.05) is 16.5 Å². The van der Waals surface area contributed by atoms with E-state index in [4.69, 9.17) is 4.74 Å². The molecule has 0 unspecified atom stereocenters. The number of benzene rings is 2. The number of hydrogen-bond donors (Lipinski definition) is 1. The van der Waals surface area contributed by atoms with Crippen LogP contribution >= 0.6 is 31.9 Å². The number of nitrogens with zero attached hydrogens (tertiary/aromatic N) is 1. The molecule has 1 aliphatic rings. The number of rotatable bonds is 4. The molecule has 0 atom stereocenters. The second-order valence-electron chi connectivity index (χ2n) is 6.43. The lowest BCUT2D eigenvalue weighted by atomic mass is 10.1. The van der Waals surface area contributed by atoms with Crippen molar-refractivity contribution in [2.75, 3.05) is 4.90 Å². The molecule has 9 heteroatoms. The van der Waals surface area contributed by atoms with Crippen LogP contribution in [0.4, 0.5) is 10.5 Å². The van der Waals surface area contributed by atoms with Crippen LogP contribution in [0.1, 0.15) is 24.5 Å². The highest BCUT2D eigenvalue weighted by molar-refractivity contribution is 9.11. The molecule has 7 nitrogen and oxygen atoms in total. The summed E-state index contributed by atoms with van der Waals surface area (Å²) in [5.74, 6) is -1.93. The number of hydrogen-bond acceptors (Lipinski definition) is 5. The predicted octanol–water partition coefficient (Wildman–Crippen LogP) is 4.50. The van der Waals surface area contributed by atoms with E-state index in [0.29, 0.717) is 20.2 Å². The third-order valence-electron chi connectivity index (χ3n) is 4.24. The van der Waals surface area contributed by atoms with Crippen LogP contribution in [0.3, 0.4) is 0 Å². The summed E-state index contributed by atoms with van der Waals surface area (Å²) in [6.45, 7) is 3.53. The molecule has 1 aliphatic heterocycles. The maximum absolute atomic E-state index is 13.0. The molecule has 2 aromatic rings. The van der Waals surface area contributed by atoms with Crippen molar-refractivity contribution < 1.29 is 23.9 Å². The molecule has 2 aromatic carbocycles. The molecule has 3 rings (SSSR count). The van der Waals surface area contributed by atoms with Crippen LogP contribution in [0.25, 0.3) is 6.08 Å². The van der Waals surface area contributed by atoms with Gasteiger partial charge in [-0.3, -0.25) is 19.7 Å². The summed E-state index contributed by atoms with van der Waals surface area (Å²) in [4.78, 5) is 50.5. The molecule has 4 amide bonds. The van der Waals surface area contributed by atoms with Gasteiger partial charge in [-0.2, -0.15) is 0 Å². The van der Waals surface area contributed by atoms with E-state index in [1.807, 2.05) is 6.92 Å². The van der Waals surface area contributed by atoms with Crippen LogP contribution in [0.15, 0.2) is 50.9 Å². The van der Waals surface area contributed by atoms with Crippen LogP contribution in [0, 0.1) is 6.92 Å². The van der Waals surface area contributed by atoms with Gasteiger partial charge in [-0.1, -0.05) is 40.5 Å². The van der Waals surface area contributed by atoms with Crippen molar-refractivity contribution in [1.29, 1.82) is 0 Å². The molecule has 1 saturated heterocycles. The number of aryl methyl sites for hydroxylation is 1. The molecule has 1 N–H and O–H groups in total. The lowest BCUT2D eigenvalue weighted by Gasteiger charge is -2.26. The monoisotopic (exact) mass is 534 g/mol. The van der Waals surface area contributed by atoms with Crippen molar-refractivity contribution in [3.63, 3.8) is 0 Å². The van der Waals surface area contributed by atoms with E-state index in [0.717, 1.165) is 10.5 Å². The van der Waals surface area contributed by atoms with Crippen molar-refractivity contribution in [2.45, 2.75) is 20.3 Å². The van der Waals surface area contributed by atoms with Crippen LogP contribution in [0.5, 0.6) is 5.75 Å². The largest absolute Gasteiger partial charge is 0.425 e. The van der Waals surface area contributed by atoms with Gasteiger partial charge >= 0.3 is 12.0 Å². The van der Waals surface area contributed by atoms with Crippen molar-refractivity contribution >= 4 is 67.4 Å². The fraction of sp³-hybridized carbons (Fsp3) is 0.143. The van der Waals surface area contributed by atoms with Gasteiger partial charge in [-0.15, -0.1) is 0 Å². The van der Waals surface area contributed by atoms with E-state index in [-0.39, 0.29) is 17.7 Å². The molecule has 0 aromatic heterocycles. The number of barbiturate groups is 1. The molecule has 0 radical (unpaired) electrons. The standard InChI is InChI=1S/C21H16Br2N2O5/c1-3-17(26)30-18-12(8-13(22)10-16(18)23)9-15-19(27)24-21(29)25(20(15)28)14-6-4-11(2)5-7-14/h4-10H,3H2,1-2H3,(H,24,27,29)/b15-9-. The fourth-order valence-electron chi connectivity index (χ4n) is 2.72. The molecule has 1 heterocycles. The van der Waals surface area contributed by atoms with Crippen LogP contribution in [-0.2, 0) is 14.4 Å². The smallest absolute Gasteiger partial charge is 0.335 e. The molecule has 0 saturated carbocycles. The molecular formula is C21H16Br2N2O5. The lowest BCUT2D eigenvalue weighted by Crippen LogP contribution is -2.54. The van der Waals surface area contributed by atoms with E-state index >= 15 is 0 Å². The maximum atomic E-state index is 13.0. The highest BCUT2D eigenvalue weighted by atomic mass is 79.9. The number of esters is 1. The fourth-order valence-corrected chi connectivity index (χ4v) is 4.06. The molecule has 0 aliphatic carbocycles. The van der Waals surface area contributed by atoms with Gasteiger partial charge in [0.2, 0.25) is 0 Å². The van der Waals surface area contributed by atoms with E-state index in [1.165, 1.54) is 6.08 Å². The van der Waals surface area contributed by atoms with Gasteiger partial charge in [-0.25, -0.2) is 9.69 Å². The Bertz CT molecular complexity index is 1090. The minimum absolute atomic E-state index is 0.146. The summed E-state index contributed by atoms with van der Waals surface area (Å²) in [5.41, 5.74) is 1.33. The zero-order valence-electron chi connectivity index (χ0n) is 16.0. The number of halogens is 2. The zero-order valence-corrected chi connectivity index (χ0v) is 19.2. The lowest BCUT2D eigenvalue weighted by molar-refractivity contribution is -0.134. The Hall–Kier alpha value is -2.78. The Morgan fingerprint density at radius 1 is 1.13 bits per heavy atom. The minimum Gasteiger partial charge on any atom is -0.425 e. The first-order chi connectivity index (χ1) is 14.2. The highest BCUT2D eigenvalue weighted by Gasteiger charge is 2.37. The van der Waals surface area contributed by atoms with Crippen LogP contribution in [-0.4, -0.2) is 23.8 Å². The van der Waals surface area contributed by atoms with Crippen molar-refractivity contribution in [2.24, 2.45) is 0 Å². The van der Waals surface area contributed by atoms with E-state index in [9.17, 15) is 19.2 Å². The number of urea groups is 1. The number of imide groups is 2. The first-order valence-electron chi connectivity index (χ1n) is 8.89. The first-order valence-corrected chi connectivity index (χ1v) is 10.5. The van der Waals surface area contributed by atoms with Crippen molar-refractivity contribution in [1.82, 2.24) is 5.32 Å². The minimum atomic E-state index is -0.836. The second-order valence-corrected chi connectivity index (χ2v) is 8.20. The Kier molecular flexibility index (Phi) is 6.52. The third-order valence-corrected chi connectivity index (χ3v) is 5.28. The summed E-state index contributed by atoms with van der Waals surface area (Å²) in [6.07, 6.45) is 1.44. The van der Waals surface area contributed by atoms with Gasteiger partial charge in [0.25, 0.3) is 11.8 Å². The summed E-state index contributed by atoms with van der Waals surface area (Å²) in [5, 5.41) is 2.17.